The first kappa shape index (κ1) is 17.3. The van der Waals surface area contributed by atoms with Crippen molar-refractivity contribution in [2.45, 2.75) is 13.7 Å². The van der Waals surface area contributed by atoms with E-state index in [4.69, 9.17) is 9.47 Å². The Morgan fingerprint density at radius 2 is 1.84 bits per heavy atom. The summed E-state index contributed by atoms with van der Waals surface area (Å²) in [6, 6.07) is 0.569. The number of nitrogens with zero attached hydrogens (tertiary/aromatic N) is 2. The fourth-order valence-corrected chi connectivity index (χ4v) is 2.89. The van der Waals surface area contributed by atoms with Crippen molar-refractivity contribution >= 4 is 41.0 Å². The molecular formula is C12H24Br2N2O2S. The van der Waals surface area contributed by atoms with Gasteiger partial charge < -0.3 is 9.47 Å². The van der Waals surface area contributed by atoms with E-state index in [0.29, 0.717) is 19.3 Å². The second-order valence-electron chi connectivity index (χ2n) is 6.55. The number of ether oxygens (including phenoxy) is 2. The van der Waals surface area contributed by atoms with Gasteiger partial charge in [-0.1, -0.05) is 0 Å². The van der Waals surface area contributed by atoms with Crippen LogP contribution in [0.1, 0.15) is 6.92 Å². The highest BCUT2D eigenvalue weighted by Gasteiger charge is 2.19. The quantitative estimate of drug-likeness (QED) is 0.543. The Kier molecular flexibility index (Phi) is 5.81. The molecule has 114 valence electrons. The predicted octanol–water partition coefficient (Wildman–Crippen LogP) is 3.37. The molecule has 0 aliphatic heterocycles. The average Bonchev–Trinajstić information content (AvgIpc) is 2.49. The number of imidazole rings is 1. The Balaban J connectivity index is 2.58. The van der Waals surface area contributed by atoms with E-state index in [9.17, 15) is 0 Å². The molecule has 0 amide bonds. The fraction of sp³-hybridized carbons (Fsp3) is 0.750. The fourth-order valence-electron chi connectivity index (χ4n) is 1.32. The minimum atomic E-state index is -1.49. The zero-order valence-corrected chi connectivity index (χ0v) is 16.3. The van der Waals surface area contributed by atoms with Crippen LogP contribution in [0.2, 0.25) is 0 Å². The number of halogens is 2. The third kappa shape index (κ3) is 6.06. The maximum atomic E-state index is 5.77. The highest BCUT2D eigenvalue weighted by molar-refractivity contribution is 9.13. The molecule has 1 aromatic heterocycles. The van der Waals surface area contributed by atoms with Crippen molar-refractivity contribution in [1.82, 2.24) is 9.55 Å². The first-order valence-electron chi connectivity index (χ1n) is 6.22. The molecule has 1 rings (SSSR count). The average molecular weight is 420 g/mol. The van der Waals surface area contributed by atoms with Crippen LogP contribution in [0.4, 0.5) is 0 Å². The van der Waals surface area contributed by atoms with Crippen molar-refractivity contribution in [2.75, 3.05) is 44.0 Å². The SMILES string of the molecule is CCOc1nc(Br)c(Br)n1COCC[SH](C)(C)(C)C. The molecule has 0 bridgehead atoms. The standard InChI is InChI=1S/C12H24Br2N2O2S/c1-6-18-12-15-10(13)11(14)16(12)9-17-7-8-19(2,3,4)5/h19H,6-9H2,1-5H3. The normalized spacial score (nSPS) is 14.2. The summed E-state index contributed by atoms with van der Waals surface area (Å²) in [6.45, 7) is 3.72. The van der Waals surface area contributed by atoms with E-state index in [0.717, 1.165) is 21.6 Å². The topological polar surface area (TPSA) is 36.3 Å². The van der Waals surface area contributed by atoms with Crippen molar-refractivity contribution in [3.8, 4) is 6.01 Å². The van der Waals surface area contributed by atoms with Gasteiger partial charge in [0, 0.05) is 0 Å². The van der Waals surface area contributed by atoms with Crippen LogP contribution in [0.25, 0.3) is 0 Å². The van der Waals surface area contributed by atoms with Crippen LogP contribution in [0.15, 0.2) is 9.21 Å². The summed E-state index contributed by atoms with van der Waals surface area (Å²) < 4.78 is 14.7. The van der Waals surface area contributed by atoms with Crippen molar-refractivity contribution in [1.29, 1.82) is 0 Å². The molecular weight excluding hydrogens is 396 g/mol. The van der Waals surface area contributed by atoms with E-state index in [1.165, 1.54) is 0 Å². The van der Waals surface area contributed by atoms with E-state index < -0.39 is 9.16 Å². The van der Waals surface area contributed by atoms with Crippen LogP contribution < -0.4 is 4.74 Å². The third-order valence-electron chi connectivity index (χ3n) is 2.46. The lowest BCUT2D eigenvalue weighted by Crippen LogP contribution is -2.20. The number of rotatable bonds is 7. The van der Waals surface area contributed by atoms with Crippen molar-refractivity contribution in [3.05, 3.63) is 9.21 Å². The molecule has 0 radical (unpaired) electrons. The first-order chi connectivity index (χ1) is 8.60. The maximum Gasteiger partial charge on any atom is 0.300 e. The molecule has 0 aliphatic carbocycles. The highest BCUT2D eigenvalue weighted by Crippen LogP contribution is 2.54. The Morgan fingerprint density at radius 1 is 1.21 bits per heavy atom. The van der Waals surface area contributed by atoms with Crippen molar-refractivity contribution in [2.24, 2.45) is 0 Å². The molecule has 0 fully saturated rings. The monoisotopic (exact) mass is 418 g/mol. The van der Waals surface area contributed by atoms with Gasteiger partial charge in [-0.25, -0.2) is 0 Å². The van der Waals surface area contributed by atoms with E-state index >= 15 is 0 Å². The second-order valence-corrected chi connectivity index (χ2v) is 16.4. The van der Waals surface area contributed by atoms with E-state index in [1.807, 2.05) is 11.5 Å². The van der Waals surface area contributed by atoms with Crippen LogP contribution in [0.3, 0.4) is 0 Å². The largest absolute Gasteiger partial charge is 0.465 e. The lowest BCUT2D eigenvalue weighted by molar-refractivity contribution is 0.0798. The molecule has 1 heterocycles. The van der Waals surface area contributed by atoms with Gasteiger partial charge >= 0.3 is 0 Å². The summed E-state index contributed by atoms with van der Waals surface area (Å²) in [6.07, 6.45) is 9.41. The van der Waals surface area contributed by atoms with Crippen LogP contribution >= 0.6 is 41.0 Å². The number of hydrogen-bond acceptors (Lipinski definition) is 3. The molecule has 0 N–H and O–H groups in total. The molecule has 4 nitrogen and oxygen atoms in total. The summed E-state index contributed by atoms with van der Waals surface area (Å²) in [5.41, 5.74) is 0. The predicted molar refractivity (Wildman–Crippen MR) is 92.3 cm³/mol. The van der Waals surface area contributed by atoms with Gasteiger partial charge in [-0.3, -0.25) is 13.7 Å². The molecule has 0 atom stereocenters. The highest BCUT2D eigenvalue weighted by atomic mass is 79.9. The zero-order chi connectivity index (χ0) is 14.7. The van der Waals surface area contributed by atoms with Gasteiger partial charge in [0.1, 0.15) is 15.9 Å². The number of hydrogen-bond donors (Lipinski definition) is 1. The molecule has 1 aromatic rings. The molecule has 0 saturated heterocycles. The molecule has 0 unspecified atom stereocenters. The number of thiol groups is 1. The first-order valence-corrected chi connectivity index (χ1v) is 12.0. The van der Waals surface area contributed by atoms with Crippen LogP contribution in [-0.2, 0) is 11.5 Å². The van der Waals surface area contributed by atoms with Crippen molar-refractivity contribution in [3.63, 3.8) is 0 Å². The Labute approximate surface area is 132 Å². The van der Waals surface area contributed by atoms with E-state index in [1.54, 1.807) is 0 Å². The summed E-state index contributed by atoms with van der Waals surface area (Å²) in [4.78, 5) is 4.28. The maximum absolute atomic E-state index is 5.77. The summed E-state index contributed by atoms with van der Waals surface area (Å²) in [5.74, 6) is 1.11. The second kappa shape index (κ2) is 6.37. The molecule has 0 aromatic carbocycles. The molecule has 0 saturated carbocycles. The van der Waals surface area contributed by atoms with Crippen LogP contribution in [-0.4, -0.2) is 53.5 Å². The van der Waals surface area contributed by atoms with Crippen molar-refractivity contribution < 1.29 is 9.47 Å². The zero-order valence-electron chi connectivity index (χ0n) is 12.2. The lowest BCUT2D eigenvalue weighted by Gasteiger charge is -2.46. The number of aromatic nitrogens is 2. The van der Waals surface area contributed by atoms with Gasteiger partial charge in [-0.2, -0.15) is 4.98 Å². The van der Waals surface area contributed by atoms with Gasteiger partial charge in [0.25, 0.3) is 6.01 Å². The van der Waals surface area contributed by atoms with Gasteiger partial charge in [0.05, 0.1) is 13.2 Å². The van der Waals surface area contributed by atoms with Gasteiger partial charge in [-0.05, 0) is 69.6 Å². The minimum Gasteiger partial charge on any atom is -0.465 e. The summed E-state index contributed by atoms with van der Waals surface area (Å²) >= 11 is 6.85. The van der Waals surface area contributed by atoms with E-state index in [-0.39, 0.29) is 0 Å². The molecule has 7 heteroatoms. The van der Waals surface area contributed by atoms with Gasteiger partial charge in [0.15, 0.2) is 0 Å². The Morgan fingerprint density at radius 3 is 2.37 bits per heavy atom. The molecule has 0 aliphatic rings. The smallest absolute Gasteiger partial charge is 0.300 e. The molecule has 19 heavy (non-hydrogen) atoms. The minimum absolute atomic E-state index is 0.445. The Bertz CT molecular complexity index is 432. The molecule has 0 spiro atoms. The third-order valence-corrected chi connectivity index (χ3v) is 6.32. The van der Waals surface area contributed by atoms with Crippen LogP contribution in [0.5, 0.6) is 6.01 Å². The lowest BCUT2D eigenvalue weighted by atomic mass is 10.8. The van der Waals surface area contributed by atoms with Gasteiger partial charge in [-0.15, -0.1) is 0 Å². The van der Waals surface area contributed by atoms with Crippen LogP contribution in [0, 0.1) is 0 Å². The van der Waals surface area contributed by atoms with E-state index in [2.05, 4.69) is 61.9 Å². The Hall–Kier alpha value is 0.280. The summed E-state index contributed by atoms with van der Waals surface area (Å²) in [5, 5.41) is 0. The van der Waals surface area contributed by atoms with Gasteiger partial charge in [0.2, 0.25) is 0 Å². The summed E-state index contributed by atoms with van der Waals surface area (Å²) in [7, 11) is -1.49.